The van der Waals surface area contributed by atoms with Crippen LogP contribution in [-0.4, -0.2) is 17.7 Å². The summed E-state index contributed by atoms with van der Waals surface area (Å²) in [6.07, 6.45) is 0.957. The van der Waals surface area contributed by atoms with Crippen LogP contribution >= 0.6 is 0 Å². The van der Waals surface area contributed by atoms with Gasteiger partial charge in [0.1, 0.15) is 0 Å². The van der Waals surface area contributed by atoms with Gasteiger partial charge in [-0.05, 0) is 6.42 Å². The van der Waals surface area contributed by atoms with Crippen molar-refractivity contribution in [1.29, 1.82) is 0 Å². The Kier molecular flexibility index (Phi) is 5.28. The van der Waals surface area contributed by atoms with Crippen LogP contribution in [0.1, 0.15) is 26.7 Å². The fourth-order valence-electron chi connectivity index (χ4n) is 0.454. The van der Waals surface area contributed by atoms with Gasteiger partial charge in [-0.1, -0.05) is 19.0 Å². The van der Waals surface area contributed by atoms with Gasteiger partial charge in [0.15, 0.2) is 0 Å². The first-order valence-electron chi connectivity index (χ1n) is 3.55. The number of hydroxylamine groups is 1. The summed E-state index contributed by atoms with van der Waals surface area (Å²) >= 11 is 0. The van der Waals surface area contributed by atoms with E-state index >= 15 is 0 Å². The molecule has 5 nitrogen and oxygen atoms in total. The molecule has 11 heavy (non-hydrogen) atoms. The monoisotopic (exact) mass is 160 g/mol. The van der Waals surface area contributed by atoms with Gasteiger partial charge in [-0.2, -0.15) is 0 Å². The highest BCUT2D eigenvalue weighted by atomic mass is 16.7. The molecule has 0 saturated heterocycles. The topological polar surface area (TPSA) is 59.0 Å². The molecule has 1 amide bonds. The lowest BCUT2D eigenvalue weighted by atomic mass is 10.5. The molecule has 0 aromatic carbocycles. The lowest BCUT2D eigenvalue weighted by Crippen LogP contribution is -2.24. The van der Waals surface area contributed by atoms with E-state index in [1.54, 1.807) is 6.92 Å². The van der Waals surface area contributed by atoms with Gasteiger partial charge in [0, 0.05) is 6.42 Å². The summed E-state index contributed by atoms with van der Waals surface area (Å²) in [5.41, 5.74) is 0. The van der Waals surface area contributed by atoms with Crippen LogP contribution in [0.25, 0.3) is 0 Å². The summed E-state index contributed by atoms with van der Waals surface area (Å²) < 4.78 is 0. The van der Waals surface area contributed by atoms with E-state index in [-0.39, 0.29) is 6.42 Å². The van der Waals surface area contributed by atoms with Crippen LogP contribution in [-0.2, 0) is 9.63 Å². The summed E-state index contributed by atoms with van der Waals surface area (Å²) in [4.78, 5) is 25.4. The van der Waals surface area contributed by atoms with Crippen molar-refractivity contribution >= 4 is 5.91 Å². The molecule has 0 N–H and O–H groups in total. The van der Waals surface area contributed by atoms with Gasteiger partial charge in [-0.25, -0.2) is 4.84 Å². The second-order valence-electron chi connectivity index (χ2n) is 1.94. The maximum Gasteiger partial charge on any atom is 0.272 e. The molecular weight excluding hydrogens is 148 g/mol. The van der Waals surface area contributed by atoms with Gasteiger partial charge in [0.05, 0.1) is 11.9 Å². The highest BCUT2D eigenvalue weighted by Crippen LogP contribution is 1.96. The Labute approximate surface area is 65.2 Å². The first-order valence-corrected chi connectivity index (χ1v) is 3.55. The molecule has 0 aromatic rings. The van der Waals surface area contributed by atoms with Gasteiger partial charge in [0.2, 0.25) is 0 Å². The van der Waals surface area contributed by atoms with E-state index in [2.05, 4.69) is 5.29 Å². The van der Waals surface area contributed by atoms with Gasteiger partial charge in [-0.3, -0.25) is 4.79 Å². The van der Waals surface area contributed by atoms with Crippen molar-refractivity contribution in [3.8, 4) is 0 Å². The summed E-state index contributed by atoms with van der Waals surface area (Å²) in [5, 5.41) is 2.90. The fourth-order valence-corrected chi connectivity index (χ4v) is 0.454. The molecule has 0 heterocycles. The zero-order valence-corrected chi connectivity index (χ0v) is 6.74. The Morgan fingerprint density at radius 1 is 1.55 bits per heavy atom. The van der Waals surface area contributed by atoms with E-state index in [0.29, 0.717) is 11.8 Å². The van der Waals surface area contributed by atoms with Gasteiger partial charge < -0.3 is 0 Å². The second kappa shape index (κ2) is 5.79. The molecule has 64 valence electrons. The minimum absolute atomic E-state index is 0.218. The largest absolute Gasteiger partial charge is 0.272 e. The highest BCUT2D eigenvalue weighted by Gasteiger charge is 2.11. The number of carbonyl (C=O) groups is 1. The molecule has 0 aliphatic carbocycles. The first kappa shape index (κ1) is 10.0. The Morgan fingerprint density at radius 3 is 2.55 bits per heavy atom. The fraction of sp³-hybridized carbons (Fsp3) is 0.833. The zero-order chi connectivity index (χ0) is 8.69. The average Bonchev–Trinajstić information content (AvgIpc) is 2.05. The molecule has 0 atom stereocenters. The molecule has 0 fully saturated rings. The third-order valence-electron chi connectivity index (χ3n) is 1.01. The van der Waals surface area contributed by atoms with Crippen molar-refractivity contribution in [2.24, 2.45) is 5.29 Å². The van der Waals surface area contributed by atoms with Crippen molar-refractivity contribution in [3.63, 3.8) is 0 Å². The summed E-state index contributed by atoms with van der Waals surface area (Å²) in [7, 11) is 0. The van der Waals surface area contributed by atoms with Gasteiger partial charge in [0.25, 0.3) is 5.91 Å². The normalized spacial score (nSPS) is 9.27. The number of hydrogen-bond donors (Lipinski definition) is 0. The Hall–Kier alpha value is -0.970. The molecule has 0 saturated carbocycles. The molecule has 0 unspecified atom stereocenters. The molecular formula is C6H12N2O3. The van der Waals surface area contributed by atoms with E-state index in [4.69, 9.17) is 4.84 Å². The van der Waals surface area contributed by atoms with E-state index in [1.165, 1.54) is 0 Å². The first-order chi connectivity index (χ1) is 5.26. The van der Waals surface area contributed by atoms with Crippen molar-refractivity contribution < 1.29 is 9.63 Å². The lowest BCUT2D eigenvalue weighted by Gasteiger charge is -2.09. The van der Waals surface area contributed by atoms with Crippen LogP contribution in [0.2, 0.25) is 0 Å². The molecule has 0 aliphatic heterocycles. The van der Waals surface area contributed by atoms with E-state index in [9.17, 15) is 9.70 Å². The molecule has 0 aromatic heterocycles. The molecule has 5 heteroatoms. The highest BCUT2D eigenvalue weighted by molar-refractivity contribution is 5.74. The van der Waals surface area contributed by atoms with Gasteiger partial charge in [-0.15, -0.1) is 4.91 Å². The SMILES string of the molecule is CCCON(N=O)C(=O)CC. The molecule has 0 rings (SSSR count). The van der Waals surface area contributed by atoms with E-state index in [0.717, 1.165) is 6.42 Å². The minimum Gasteiger partial charge on any atom is -0.270 e. The molecule has 0 aliphatic rings. The van der Waals surface area contributed by atoms with Crippen LogP contribution in [0.15, 0.2) is 5.29 Å². The molecule has 0 bridgehead atoms. The third kappa shape index (κ3) is 3.67. The molecule has 0 spiro atoms. The number of hydrogen-bond acceptors (Lipinski definition) is 4. The standard InChI is InChI=1S/C6H12N2O3/c1-3-5-11-8(7-10)6(9)4-2/h3-5H2,1-2H3. The Balaban J connectivity index is 3.74. The van der Waals surface area contributed by atoms with Crippen LogP contribution < -0.4 is 0 Å². The second-order valence-corrected chi connectivity index (χ2v) is 1.94. The van der Waals surface area contributed by atoms with Crippen molar-refractivity contribution in [3.05, 3.63) is 4.91 Å². The average molecular weight is 160 g/mol. The predicted molar refractivity (Wildman–Crippen MR) is 39.2 cm³/mol. The minimum atomic E-state index is -0.423. The third-order valence-corrected chi connectivity index (χ3v) is 1.01. The number of amides is 1. The Bertz CT molecular complexity index is 138. The summed E-state index contributed by atoms with van der Waals surface area (Å²) in [6.45, 7) is 3.84. The smallest absolute Gasteiger partial charge is 0.270 e. The van der Waals surface area contributed by atoms with Crippen molar-refractivity contribution in [2.75, 3.05) is 6.61 Å². The van der Waals surface area contributed by atoms with Crippen LogP contribution in [0.4, 0.5) is 0 Å². The summed E-state index contributed by atoms with van der Waals surface area (Å²) in [6, 6.07) is 0. The van der Waals surface area contributed by atoms with Crippen LogP contribution in [0.5, 0.6) is 0 Å². The number of carbonyl (C=O) groups excluding carboxylic acids is 1. The Morgan fingerprint density at radius 2 is 2.18 bits per heavy atom. The van der Waals surface area contributed by atoms with Crippen LogP contribution in [0, 0.1) is 4.91 Å². The molecule has 0 radical (unpaired) electrons. The zero-order valence-electron chi connectivity index (χ0n) is 6.74. The predicted octanol–water partition coefficient (Wildman–Crippen LogP) is 1.25. The quantitative estimate of drug-likeness (QED) is 0.449. The van der Waals surface area contributed by atoms with E-state index in [1.807, 2.05) is 6.92 Å². The van der Waals surface area contributed by atoms with Crippen LogP contribution in [0.3, 0.4) is 0 Å². The maximum atomic E-state index is 10.8. The number of nitrogens with zero attached hydrogens (tertiary/aromatic N) is 2. The number of rotatable bonds is 5. The van der Waals surface area contributed by atoms with Crippen molar-refractivity contribution in [2.45, 2.75) is 26.7 Å². The van der Waals surface area contributed by atoms with Crippen molar-refractivity contribution in [1.82, 2.24) is 5.17 Å². The number of nitroso groups, excluding NO2 is 1. The van der Waals surface area contributed by atoms with E-state index < -0.39 is 5.91 Å². The van der Waals surface area contributed by atoms with Gasteiger partial charge >= 0.3 is 0 Å². The lowest BCUT2D eigenvalue weighted by molar-refractivity contribution is -0.187. The summed E-state index contributed by atoms with van der Waals surface area (Å²) in [5.74, 6) is -0.423. The maximum absolute atomic E-state index is 10.8.